The lowest BCUT2D eigenvalue weighted by Crippen LogP contribution is -2.25. The Balaban J connectivity index is 1.81. The molecule has 2 aromatic rings. The van der Waals surface area contributed by atoms with Crippen molar-refractivity contribution in [3.63, 3.8) is 0 Å². The van der Waals surface area contributed by atoms with Gasteiger partial charge in [0.2, 0.25) is 0 Å². The molecule has 328 valence electrons. The van der Waals surface area contributed by atoms with Crippen LogP contribution in [0.2, 0.25) is 0 Å². The van der Waals surface area contributed by atoms with Crippen LogP contribution in [0.4, 0.5) is 5.69 Å². The number of hydrogen-bond acceptors (Lipinski definition) is 5. The van der Waals surface area contributed by atoms with Crippen LogP contribution in [0, 0.1) is 0 Å². The fraction of sp³-hybridized carbons (Fsp3) is 0.706. The summed E-state index contributed by atoms with van der Waals surface area (Å²) in [6.45, 7) is 6.53. The summed E-state index contributed by atoms with van der Waals surface area (Å²) >= 11 is 0. The predicted octanol–water partition coefficient (Wildman–Crippen LogP) is 15.2. The summed E-state index contributed by atoms with van der Waals surface area (Å²) in [4.78, 5) is 37.6. The number of anilines is 1. The standard InChI is InChI=1S/C51H83NO6/c1-3-5-7-9-11-13-15-17-19-21-23-25-27-29-31-33-40-52(41-34-32-30-28-26-24-22-20-18-16-14-12-10-8-6-4-2)46-39-38-44-42-45(51(57)58-48(44)43-46)36-35-37-47(49(53)54)50(55)56/h35-39,42-43H,3-34,40-41H2,1-2H3,(H,53,54)(H,55,56). The third-order valence-electron chi connectivity index (χ3n) is 11.7. The zero-order valence-corrected chi connectivity index (χ0v) is 37.1. The maximum atomic E-state index is 12.8. The molecule has 0 saturated carbocycles. The summed E-state index contributed by atoms with van der Waals surface area (Å²) in [5, 5.41) is 18.9. The minimum atomic E-state index is -1.54. The van der Waals surface area contributed by atoms with E-state index in [2.05, 4.69) is 24.8 Å². The molecule has 0 atom stereocenters. The smallest absolute Gasteiger partial charge is 0.343 e. The molecule has 0 fully saturated rings. The van der Waals surface area contributed by atoms with Crippen molar-refractivity contribution >= 4 is 34.7 Å². The van der Waals surface area contributed by atoms with E-state index in [0.29, 0.717) is 5.58 Å². The van der Waals surface area contributed by atoms with Crippen molar-refractivity contribution in [3.8, 4) is 0 Å². The number of allylic oxidation sites excluding steroid dienone is 2. The number of benzene rings is 1. The highest BCUT2D eigenvalue weighted by molar-refractivity contribution is 6.12. The SMILES string of the molecule is CCCCCCCCCCCCCCCCCCN(CCCCCCCCCCCCCCCCCC)c1ccc2cc(C=CC=C(C(=O)O)C(=O)O)c(=O)oc2c1. The maximum absolute atomic E-state index is 12.8. The van der Waals surface area contributed by atoms with E-state index in [1.807, 2.05) is 12.1 Å². The first-order chi connectivity index (χ1) is 28.4. The molecule has 0 amide bonds. The second-order valence-electron chi connectivity index (χ2n) is 16.9. The van der Waals surface area contributed by atoms with Gasteiger partial charge in [-0.3, -0.25) is 0 Å². The molecule has 0 aliphatic rings. The Morgan fingerprint density at radius 3 is 1.26 bits per heavy atom. The van der Waals surface area contributed by atoms with Gasteiger partial charge in [0.15, 0.2) is 0 Å². The summed E-state index contributed by atoms with van der Waals surface area (Å²) in [5.41, 5.74) is 0.473. The number of aliphatic carboxylic acids is 2. The quantitative estimate of drug-likeness (QED) is 0.0173. The van der Waals surface area contributed by atoms with E-state index in [-0.39, 0.29) is 5.56 Å². The lowest BCUT2D eigenvalue weighted by molar-refractivity contribution is -0.140. The molecule has 1 aromatic heterocycles. The van der Waals surface area contributed by atoms with Gasteiger partial charge < -0.3 is 19.5 Å². The van der Waals surface area contributed by atoms with Crippen LogP contribution in [-0.4, -0.2) is 35.2 Å². The van der Waals surface area contributed by atoms with Gasteiger partial charge in [-0.1, -0.05) is 213 Å². The Kier molecular flexibility index (Phi) is 30.2. The van der Waals surface area contributed by atoms with Crippen LogP contribution in [0.1, 0.15) is 225 Å². The number of carbonyl (C=O) groups is 2. The number of rotatable bonds is 39. The number of carboxylic acids is 2. The van der Waals surface area contributed by atoms with Gasteiger partial charge in [-0.2, -0.15) is 0 Å². The molecule has 0 aliphatic carbocycles. The normalized spacial score (nSPS) is 11.5. The van der Waals surface area contributed by atoms with Crippen LogP contribution >= 0.6 is 0 Å². The highest BCUT2D eigenvalue weighted by Crippen LogP contribution is 2.24. The third-order valence-corrected chi connectivity index (χ3v) is 11.7. The van der Waals surface area contributed by atoms with Crippen LogP contribution in [0.15, 0.2) is 51.2 Å². The fourth-order valence-electron chi connectivity index (χ4n) is 7.98. The topological polar surface area (TPSA) is 108 Å². The number of fused-ring (bicyclic) bond motifs is 1. The number of hydrogen-bond donors (Lipinski definition) is 2. The molecule has 2 rings (SSSR count). The number of unbranched alkanes of at least 4 members (excludes halogenated alkanes) is 30. The second kappa shape index (κ2) is 34.5. The van der Waals surface area contributed by atoms with E-state index in [4.69, 9.17) is 14.6 Å². The summed E-state index contributed by atoms with van der Waals surface area (Å²) in [5.74, 6) is -3.09. The zero-order valence-electron chi connectivity index (χ0n) is 37.1. The molecular formula is C51H83NO6. The molecule has 1 heterocycles. The van der Waals surface area contributed by atoms with Gasteiger partial charge in [0.25, 0.3) is 0 Å². The first-order valence-electron chi connectivity index (χ1n) is 24.0. The van der Waals surface area contributed by atoms with Gasteiger partial charge >= 0.3 is 17.6 Å². The molecule has 1 aromatic carbocycles. The van der Waals surface area contributed by atoms with Gasteiger partial charge in [-0.05, 0) is 43.2 Å². The third kappa shape index (κ3) is 24.5. The molecule has 0 aliphatic heterocycles. The van der Waals surface area contributed by atoms with E-state index >= 15 is 0 Å². The average molecular weight is 806 g/mol. The maximum Gasteiger partial charge on any atom is 0.343 e. The molecule has 0 bridgehead atoms. The minimum Gasteiger partial charge on any atom is -0.477 e. The van der Waals surface area contributed by atoms with E-state index in [9.17, 15) is 14.4 Å². The summed E-state index contributed by atoms with van der Waals surface area (Å²) in [7, 11) is 0. The van der Waals surface area contributed by atoms with Gasteiger partial charge in [-0.25, -0.2) is 14.4 Å². The first kappa shape index (κ1) is 50.8. The minimum absolute atomic E-state index is 0.227. The monoisotopic (exact) mass is 806 g/mol. The van der Waals surface area contributed by atoms with Crippen molar-refractivity contribution in [1.82, 2.24) is 0 Å². The molecule has 0 saturated heterocycles. The van der Waals surface area contributed by atoms with Crippen LogP contribution in [0.5, 0.6) is 0 Å². The predicted molar refractivity (Wildman–Crippen MR) is 246 cm³/mol. The molecule has 0 spiro atoms. The summed E-state index contributed by atoms with van der Waals surface area (Å²) < 4.78 is 5.72. The van der Waals surface area contributed by atoms with E-state index in [1.54, 1.807) is 6.07 Å². The Morgan fingerprint density at radius 1 is 0.534 bits per heavy atom. The largest absolute Gasteiger partial charge is 0.477 e. The molecule has 0 unspecified atom stereocenters. The Morgan fingerprint density at radius 2 is 0.897 bits per heavy atom. The van der Waals surface area contributed by atoms with E-state index in [1.165, 1.54) is 205 Å². The van der Waals surface area contributed by atoms with Crippen LogP contribution < -0.4 is 10.5 Å². The molecule has 58 heavy (non-hydrogen) atoms. The Hall–Kier alpha value is -3.35. The van der Waals surface area contributed by atoms with Gasteiger partial charge in [0.05, 0.1) is 5.56 Å². The van der Waals surface area contributed by atoms with Crippen LogP contribution in [0.3, 0.4) is 0 Å². The molecule has 2 N–H and O–H groups in total. The molecule has 0 radical (unpaired) electrons. The summed E-state index contributed by atoms with van der Waals surface area (Å²) in [6.07, 6.45) is 46.9. The lowest BCUT2D eigenvalue weighted by Gasteiger charge is -2.25. The Labute approximate surface area is 353 Å². The van der Waals surface area contributed by atoms with Gasteiger partial charge in [0, 0.05) is 30.2 Å². The highest BCUT2D eigenvalue weighted by atomic mass is 16.4. The van der Waals surface area contributed by atoms with Crippen molar-refractivity contribution in [1.29, 1.82) is 0 Å². The van der Waals surface area contributed by atoms with E-state index < -0.39 is 23.1 Å². The van der Waals surface area contributed by atoms with E-state index in [0.717, 1.165) is 43.1 Å². The zero-order chi connectivity index (χ0) is 41.9. The fourth-order valence-corrected chi connectivity index (χ4v) is 7.98. The van der Waals surface area contributed by atoms with Crippen LogP contribution in [0.25, 0.3) is 17.0 Å². The Bertz CT molecular complexity index is 1420. The summed E-state index contributed by atoms with van der Waals surface area (Å²) in [6, 6.07) is 7.73. The lowest BCUT2D eigenvalue weighted by atomic mass is 10.0. The first-order valence-corrected chi connectivity index (χ1v) is 24.0. The van der Waals surface area contributed by atoms with Crippen molar-refractivity contribution < 1.29 is 24.2 Å². The van der Waals surface area contributed by atoms with Crippen molar-refractivity contribution in [2.24, 2.45) is 0 Å². The van der Waals surface area contributed by atoms with Crippen molar-refractivity contribution in [2.75, 3.05) is 18.0 Å². The molecule has 7 nitrogen and oxygen atoms in total. The molecular weight excluding hydrogens is 723 g/mol. The average Bonchev–Trinajstić information content (AvgIpc) is 3.20. The molecule has 7 heteroatoms. The number of carboxylic acid groups (broad SMARTS) is 2. The van der Waals surface area contributed by atoms with Crippen LogP contribution in [-0.2, 0) is 9.59 Å². The highest BCUT2D eigenvalue weighted by Gasteiger charge is 2.14. The van der Waals surface area contributed by atoms with Gasteiger partial charge in [-0.15, -0.1) is 0 Å². The second-order valence-corrected chi connectivity index (χ2v) is 16.9. The van der Waals surface area contributed by atoms with Crippen molar-refractivity contribution in [3.05, 3.63) is 58.0 Å². The van der Waals surface area contributed by atoms with Crippen molar-refractivity contribution in [2.45, 2.75) is 219 Å². The number of nitrogens with zero attached hydrogens (tertiary/aromatic N) is 1. The van der Waals surface area contributed by atoms with Gasteiger partial charge in [0.1, 0.15) is 11.2 Å².